The molecule has 3 aromatic carbocycles. The van der Waals surface area contributed by atoms with Crippen molar-refractivity contribution in [3.05, 3.63) is 90.0 Å². The first-order chi connectivity index (χ1) is 12.6. The highest BCUT2D eigenvalue weighted by Crippen LogP contribution is 2.26. The van der Waals surface area contributed by atoms with E-state index in [-0.39, 0.29) is 10.4 Å². The van der Waals surface area contributed by atoms with Crippen LogP contribution < -0.4 is 4.72 Å². The number of nitrogens with zero attached hydrogens (tertiary/aromatic N) is 2. The van der Waals surface area contributed by atoms with Crippen molar-refractivity contribution >= 4 is 21.1 Å². The van der Waals surface area contributed by atoms with E-state index in [0.29, 0.717) is 5.52 Å². The van der Waals surface area contributed by atoms with Crippen LogP contribution in [0.15, 0.2) is 88.4 Å². The van der Waals surface area contributed by atoms with Crippen molar-refractivity contribution in [1.82, 2.24) is 15.0 Å². The minimum atomic E-state index is -3.86. The topological polar surface area (TPSA) is 85.1 Å². The van der Waals surface area contributed by atoms with Crippen molar-refractivity contribution in [1.29, 1.82) is 0 Å². The first-order valence-electron chi connectivity index (χ1n) is 7.99. The largest absolute Gasteiger partial charge is 0.243 e. The second kappa shape index (κ2) is 6.70. The Labute approximate surface area is 150 Å². The normalized spacial score (nSPS) is 11.9. The third-order valence-corrected chi connectivity index (χ3v) is 5.53. The standard InChI is InChI=1S/C19H15N3O3S/c23-26(24,17-13-7-12-16-19(17)21-25-20-16)22-18(14-8-3-1-4-9-14)15-10-5-2-6-11-15/h1-13,18,22H. The summed E-state index contributed by atoms with van der Waals surface area (Å²) in [6.07, 6.45) is 0. The highest BCUT2D eigenvalue weighted by Gasteiger charge is 2.25. The molecule has 0 amide bonds. The molecular formula is C19H15N3O3S. The van der Waals surface area contributed by atoms with Crippen LogP contribution in [0.5, 0.6) is 0 Å². The minimum absolute atomic E-state index is 0.0353. The lowest BCUT2D eigenvalue weighted by Crippen LogP contribution is -2.29. The zero-order chi connectivity index (χ0) is 18.0. The number of nitrogens with one attached hydrogen (secondary N) is 1. The second-order valence-corrected chi connectivity index (χ2v) is 7.45. The van der Waals surface area contributed by atoms with Crippen molar-refractivity contribution in [3.8, 4) is 0 Å². The fraction of sp³-hybridized carbons (Fsp3) is 0.0526. The summed E-state index contributed by atoms with van der Waals surface area (Å²) in [7, 11) is -3.86. The molecule has 4 rings (SSSR count). The molecule has 0 aliphatic heterocycles. The zero-order valence-electron chi connectivity index (χ0n) is 13.6. The van der Waals surface area contributed by atoms with Crippen LogP contribution in [0, 0.1) is 0 Å². The van der Waals surface area contributed by atoms with Gasteiger partial charge in [-0.1, -0.05) is 66.7 Å². The van der Waals surface area contributed by atoms with E-state index in [0.717, 1.165) is 11.1 Å². The van der Waals surface area contributed by atoms with Gasteiger partial charge in [0.2, 0.25) is 10.0 Å². The lowest BCUT2D eigenvalue weighted by Gasteiger charge is -2.20. The zero-order valence-corrected chi connectivity index (χ0v) is 14.4. The average Bonchev–Trinajstić information content (AvgIpc) is 3.16. The molecule has 1 heterocycles. The van der Waals surface area contributed by atoms with Crippen LogP contribution in [0.3, 0.4) is 0 Å². The number of benzene rings is 3. The molecule has 0 saturated carbocycles. The predicted octanol–water partition coefficient (Wildman–Crippen LogP) is 3.29. The van der Waals surface area contributed by atoms with E-state index in [4.69, 9.17) is 0 Å². The van der Waals surface area contributed by atoms with E-state index in [9.17, 15) is 8.42 Å². The predicted molar refractivity (Wildman–Crippen MR) is 96.9 cm³/mol. The Balaban J connectivity index is 1.79. The molecule has 6 nitrogen and oxygen atoms in total. The van der Waals surface area contributed by atoms with E-state index >= 15 is 0 Å². The van der Waals surface area contributed by atoms with E-state index in [1.54, 1.807) is 12.1 Å². The SMILES string of the molecule is O=S(=O)(NC(c1ccccc1)c1ccccc1)c1cccc2nonc12. The van der Waals surface area contributed by atoms with Gasteiger partial charge in [-0.3, -0.25) is 0 Å². The Morgan fingerprint density at radius 2 is 1.38 bits per heavy atom. The van der Waals surface area contributed by atoms with Crippen LogP contribution in [-0.4, -0.2) is 18.7 Å². The molecule has 1 N–H and O–H groups in total. The molecule has 4 aromatic rings. The highest BCUT2D eigenvalue weighted by molar-refractivity contribution is 7.89. The summed E-state index contributed by atoms with van der Waals surface area (Å²) in [5, 5.41) is 7.44. The first kappa shape index (κ1) is 16.4. The highest BCUT2D eigenvalue weighted by atomic mass is 32.2. The van der Waals surface area contributed by atoms with Crippen LogP contribution in [0.4, 0.5) is 0 Å². The quantitative estimate of drug-likeness (QED) is 0.587. The molecule has 1 aromatic heterocycles. The lowest BCUT2D eigenvalue weighted by molar-refractivity contribution is 0.315. The van der Waals surface area contributed by atoms with Crippen molar-refractivity contribution in [3.63, 3.8) is 0 Å². The van der Waals surface area contributed by atoms with Gasteiger partial charge in [-0.15, -0.1) is 0 Å². The van der Waals surface area contributed by atoms with Crippen LogP contribution in [0.25, 0.3) is 11.0 Å². The molecule has 0 radical (unpaired) electrons. The number of hydrogen-bond donors (Lipinski definition) is 1. The number of aromatic nitrogens is 2. The number of rotatable bonds is 5. The van der Waals surface area contributed by atoms with Crippen LogP contribution in [0.1, 0.15) is 17.2 Å². The van der Waals surface area contributed by atoms with E-state index in [2.05, 4.69) is 19.7 Å². The fourth-order valence-electron chi connectivity index (χ4n) is 2.84. The minimum Gasteiger partial charge on any atom is -0.243 e. The third-order valence-electron chi connectivity index (χ3n) is 4.08. The molecule has 0 aliphatic carbocycles. The maximum atomic E-state index is 13.1. The second-order valence-electron chi connectivity index (χ2n) is 5.76. The molecule has 0 unspecified atom stereocenters. The van der Waals surface area contributed by atoms with Gasteiger partial charge in [-0.2, -0.15) is 4.72 Å². The average molecular weight is 365 g/mol. The monoisotopic (exact) mass is 365 g/mol. The third kappa shape index (κ3) is 3.10. The molecule has 0 aliphatic rings. The summed E-state index contributed by atoms with van der Waals surface area (Å²) in [5.74, 6) is 0. The maximum absolute atomic E-state index is 13.1. The summed E-state index contributed by atoms with van der Waals surface area (Å²) < 4.78 is 33.6. The van der Waals surface area contributed by atoms with Crippen LogP contribution in [-0.2, 0) is 10.0 Å². The Morgan fingerprint density at radius 1 is 0.769 bits per heavy atom. The number of fused-ring (bicyclic) bond motifs is 1. The molecule has 7 heteroatoms. The van der Waals surface area contributed by atoms with Gasteiger partial charge in [-0.05, 0) is 33.6 Å². The van der Waals surface area contributed by atoms with Gasteiger partial charge in [-0.25, -0.2) is 13.0 Å². The molecule has 0 saturated heterocycles. The summed E-state index contributed by atoms with van der Waals surface area (Å²) in [4.78, 5) is 0.0353. The first-order valence-corrected chi connectivity index (χ1v) is 9.47. The van der Waals surface area contributed by atoms with E-state index < -0.39 is 16.1 Å². The van der Waals surface area contributed by atoms with Crippen molar-refractivity contribution in [2.75, 3.05) is 0 Å². The van der Waals surface area contributed by atoms with Crippen LogP contribution >= 0.6 is 0 Å². The molecule has 130 valence electrons. The van der Waals surface area contributed by atoms with Crippen LogP contribution in [0.2, 0.25) is 0 Å². The molecule has 0 bridgehead atoms. The van der Waals surface area contributed by atoms with Gasteiger partial charge in [0.25, 0.3) is 0 Å². The van der Waals surface area contributed by atoms with Gasteiger partial charge in [0.15, 0.2) is 5.52 Å². The molecular weight excluding hydrogens is 350 g/mol. The Bertz CT molecular complexity index is 1090. The number of hydrogen-bond acceptors (Lipinski definition) is 5. The van der Waals surface area contributed by atoms with Gasteiger partial charge in [0.05, 0.1) is 6.04 Å². The van der Waals surface area contributed by atoms with Gasteiger partial charge in [0, 0.05) is 0 Å². The molecule has 0 fully saturated rings. The van der Waals surface area contributed by atoms with Crippen molar-refractivity contribution in [2.24, 2.45) is 0 Å². The van der Waals surface area contributed by atoms with E-state index in [1.807, 2.05) is 60.7 Å². The summed E-state index contributed by atoms with van der Waals surface area (Å²) in [5.41, 5.74) is 2.28. The summed E-state index contributed by atoms with van der Waals surface area (Å²) in [6, 6.07) is 23.1. The van der Waals surface area contributed by atoms with Crippen molar-refractivity contribution < 1.29 is 13.0 Å². The Kier molecular flexibility index (Phi) is 4.24. The Morgan fingerprint density at radius 3 is 2.00 bits per heavy atom. The summed E-state index contributed by atoms with van der Waals surface area (Å²) >= 11 is 0. The van der Waals surface area contributed by atoms with Gasteiger partial charge >= 0.3 is 0 Å². The van der Waals surface area contributed by atoms with Crippen molar-refractivity contribution in [2.45, 2.75) is 10.9 Å². The summed E-state index contributed by atoms with van der Waals surface area (Å²) in [6.45, 7) is 0. The maximum Gasteiger partial charge on any atom is 0.243 e. The molecule has 0 spiro atoms. The lowest BCUT2D eigenvalue weighted by atomic mass is 10.00. The van der Waals surface area contributed by atoms with Gasteiger partial charge in [0.1, 0.15) is 10.4 Å². The number of sulfonamides is 1. The smallest absolute Gasteiger partial charge is 0.243 e. The Hall–Kier alpha value is -3.03. The van der Waals surface area contributed by atoms with Gasteiger partial charge < -0.3 is 0 Å². The van der Waals surface area contributed by atoms with E-state index in [1.165, 1.54) is 6.07 Å². The fourth-order valence-corrected chi connectivity index (χ4v) is 4.20. The molecule has 0 atom stereocenters. The molecule has 26 heavy (non-hydrogen) atoms.